The van der Waals surface area contributed by atoms with Crippen molar-refractivity contribution in [1.82, 2.24) is 9.97 Å². The maximum Gasteiger partial charge on any atom is 0.160 e. The van der Waals surface area contributed by atoms with Crippen molar-refractivity contribution in [2.24, 2.45) is 0 Å². The standard InChI is InChI=1S/C52H32N2S2/c1-3-13-33(14-4-1)34-25-27-36(28-26-34)52-53-46(35-15-5-2-6-16-35)32-47(54-52)39-30-37(40-19-11-21-44-42-17-7-9-23-48(42)55-50(40)44)29-38(31-39)41-20-12-22-45-43-18-8-10-24-49(43)56-51(41)45/h1-32H. The van der Waals surface area contributed by atoms with Crippen LogP contribution in [0.3, 0.4) is 0 Å². The molecule has 0 fully saturated rings. The van der Waals surface area contributed by atoms with E-state index in [1.807, 2.05) is 28.7 Å². The first-order valence-electron chi connectivity index (χ1n) is 18.8. The molecule has 4 heteroatoms. The summed E-state index contributed by atoms with van der Waals surface area (Å²) in [7, 11) is 0. The molecule has 262 valence electrons. The number of benzene rings is 8. The molecular weight excluding hydrogens is 717 g/mol. The Morgan fingerprint density at radius 3 is 1.29 bits per heavy atom. The molecule has 11 aromatic rings. The van der Waals surface area contributed by atoms with Gasteiger partial charge in [0.15, 0.2) is 5.82 Å². The Morgan fingerprint density at radius 1 is 0.286 bits per heavy atom. The van der Waals surface area contributed by atoms with Crippen LogP contribution in [-0.2, 0) is 0 Å². The molecule has 11 rings (SSSR count). The average Bonchev–Trinajstić information content (AvgIpc) is 3.86. The van der Waals surface area contributed by atoms with Gasteiger partial charge in [-0.2, -0.15) is 0 Å². The summed E-state index contributed by atoms with van der Waals surface area (Å²) in [6, 6.07) is 69.7. The molecule has 0 atom stereocenters. The molecule has 0 saturated carbocycles. The number of nitrogens with zero attached hydrogens (tertiary/aromatic N) is 2. The van der Waals surface area contributed by atoms with Gasteiger partial charge in [0.05, 0.1) is 11.4 Å². The molecular formula is C52H32N2S2. The van der Waals surface area contributed by atoms with Gasteiger partial charge in [-0.25, -0.2) is 9.97 Å². The molecule has 0 saturated heterocycles. The number of hydrogen-bond acceptors (Lipinski definition) is 4. The zero-order valence-electron chi connectivity index (χ0n) is 30.2. The molecule has 0 radical (unpaired) electrons. The van der Waals surface area contributed by atoms with Gasteiger partial charge >= 0.3 is 0 Å². The summed E-state index contributed by atoms with van der Waals surface area (Å²) < 4.78 is 5.19. The van der Waals surface area contributed by atoms with Gasteiger partial charge in [-0.15, -0.1) is 22.7 Å². The van der Waals surface area contributed by atoms with Crippen molar-refractivity contribution in [2.75, 3.05) is 0 Å². The first-order chi connectivity index (χ1) is 27.7. The summed E-state index contributed by atoms with van der Waals surface area (Å²) >= 11 is 3.73. The number of rotatable bonds is 6. The fraction of sp³-hybridized carbons (Fsp3) is 0. The van der Waals surface area contributed by atoms with Gasteiger partial charge in [0.25, 0.3) is 0 Å². The highest BCUT2D eigenvalue weighted by molar-refractivity contribution is 7.26. The van der Waals surface area contributed by atoms with E-state index in [2.05, 4.69) is 188 Å². The zero-order valence-corrected chi connectivity index (χ0v) is 31.8. The van der Waals surface area contributed by atoms with Gasteiger partial charge in [0.1, 0.15) is 0 Å². The van der Waals surface area contributed by atoms with Crippen LogP contribution in [0.4, 0.5) is 0 Å². The van der Waals surface area contributed by atoms with E-state index >= 15 is 0 Å². The zero-order chi connectivity index (χ0) is 37.0. The molecule has 3 heterocycles. The molecule has 0 N–H and O–H groups in total. The van der Waals surface area contributed by atoms with Gasteiger partial charge in [-0.1, -0.05) is 158 Å². The van der Waals surface area contributed by atoms with Crippen LogP contribution in [-0.4, -0.2) is 9.97 Å². The Labute approximate surface area is 332 Å². The second kappa shape index (κ2) is 13.5. The lowest BCUT2D eigenvalue weighted by Crippen LogP contribution is -1.97. The molecule has 0 unspecified atom stereocenters. The molecule has 0 aliphatic heterocycles. The van der Waals surface area contributed by atoms with Crippen molar-refractivity contribution in [3.05, 3.63) is 194 Å². The summed E-state index contributed by atoms with van der Waals surface area (Å²) in [5.41, 5.74) is 12.0. The normalized spacial score (nSPS) is 11.6. The summed E-state index contributed by atoms with van der Waals surface area (Å²) in [5.74, 6) is 0.700. The van der Waals surface area contributed by atoms with E-state index in [0.717, 1.165) is 33.6 Å². The lowest BCUT2D eigenvalue weighted by molar-refractivity contribution is 1.18. The predicted molar refractivity (Wildman–Crippen MR) is 240 cm³/mol. The average molecular weight is 749 g/mol. The highest BCUT2D eigenvalue weighted by atomic mass is 32.1. The van der Waals surface area contributed by atoms with Crippen LogP contribution in [0.25, 0.3) is 108 Å². The third-order valence-corrected chi connectivity index (χ3v) is 13.1. The summed E-state index contributed by atoms with van der Waals surface area (Å²) in [6.07, 6.45) is 0. The van der Waals surface area contributed by atoms with E-state index in [1.165, 1.54) is 68.2 Å². The number of aromatic nitrogens is 2. The van der Waals surface area contributed by atoms with Crippen molar-refractivity contribution >= 4 is 63.0 Å². The van der Waals surface area contributed by atoms with E-state index in [0.29, 0.717) is 5.82 Å². The van der Waals surface area contributed by atoms with Crippen LogP contribution in [0.15, 0.2) is 194 Å². The number of hydrogen-bond donors (Lipinski definition) is 0. The molecule has 8 aromatic carbocycles. The minimum atomic E-state index is 0.700. The third-order valence-electron chi connectivity index (χ3n) is 10.7. The summed E-state index contributed by atoms with van der Waals surface area (Å²) in [4.78, 5) is 10.5. The summed E-state index contributed by atoms with van der Waals surface area (Å²) in [6.45, 7) is 0. The summed E-state index contributed by atoms with van der Waals surface area (Å²) in [5, 5.41) is 5.17. The van der Waals surface area contributed by atoms with E-state index < -0.39 is 0 Å². The van der Waals surface area contributed by atoms with E-state index in [1.54, 1.807) is 0 Å². The fourth-order valence-electron chi connectivity index (χ4n) is 7.96. The van der Waals surface area contributed by atoms with Gasteiger partial charge in [-0.3, -0.25) is 0 Å². The minimum Gasteiger partial charge on any atom is -0.228 e. The molecule has 0 aliphatic rings. The van der Waals surface area contributed by atoms with Crippen molar-refractivity contribution in [2.45, 2.75) is 0 Å². The molecule has 3 aromatic heterocycles. The number of fused-ring (bicyclic) bond motifs is 6. The highest BCUT2D eigenvalue weighted by Gasteiger charge is 2.18. The monoisotopic (exact) mass is 748 g/mol. The van der Waals surface area contributed by atoms with Gasteiger partial charge in [0.2, 0.25) is 0 Å². The quantitative estimate of drug-likeness (QED) is 0.169. The van der Waals surface area contributed by atoms with E-state index in [-0.39, 0.29) is 0 Å². The Balaban J connectivity index is 1.15. The maximum absolute atomic E-state index is 5.36. The van der Waals surface area contributed by atoms with Gasteiger partial charge in [-0.05, 0) is 69.8 Å². The smallest absolute Gasteiger partial charge is 0.160 e. The number of thiophene rings is 2. The predicted octanol–water partition coefficient (Wildman–Crippen LogP) is 15.2. The first-order valence-corrected chi connectivity index (χ1v) is 20.4. The van der Waals surface area contributed by atoms with Gasteiger partial charge in [0, 0.05) is 57.0 Å². The Hall–Kier alpha value is -6.72. The lowest BCUT2D eigenvalue weighted by Gasteiger charge is -2.14. The highest BCUT2D eigenvalue weighted by Crippen LogP contribution is 2.45. The molecule has 0 amide bonds. The van der Waals surface area contributed by atoms with Crippen molar-refractivity contribution < 1.29 is 0 Å². The van der Waals surface area contributed by atoms with E-state index in [9.17, 15) is 0 Å². The maximum atomic E-state index is 5.36. The molecule has 0 spiro atoms. The fourth-order valence-corrected chi connectivity index (χ4v) is 10.4. The first kappa shape index (κ1) is 32.7. The molecule has 0 aliphatic carbocycles. The third kappa shape index (κ3) is 5.70. The van der Waals surface area contributed by atoms with Crippen LogP contribution in [0, 0.1) is 0 Å². The van der Waals surface area contributed by atoms with Crippen molar-refractivity contribution in [3.63, 3.8) is 0 Å². The SMILES string of the molecule is c1ccc(-c2ccc(-c3nc(-c4ccccc4)cc(-c4cc(-c5cccc6c5sc5ccccc56)cc(-c5cccc6c5sc5ccccc56)c4)n3)cc2)cc1. The largest absolute Gasteiger partial charge is 0.228 e. The second-order valence-corrected chi connectivity index (χ2v) is 16.2. The van der Waals surface area contributed by atoms with Crippen LogP contribution >= 0.6 is 22.7 Å². The van der Waals surface area contributed by atoms with Crippen LogP contribution < -0.4 is 0 Å². The Kier molecular flexibility index (Phi) is 7.90. The van der Waals surface area contributed by atoms with Crippen LogP contribution in [0.1, 0.15) is 0 Å². The van der Waals surface area contributed by atoms with Crippen LogP contribution in [0.5, 0.6) is 0 Å². The lowest BCUT2D eigenvalue weighted by atomic mass is 9.93. The van der Waals surface area contributed by atoms with Crippen molar-refractivity contribution in [1.29, 1.82) is 0 Å². The van der Waals surface area contributed by atoms with Crippen LogP contribution in [0.2, 0.25) is 0 Å². The molecule has 56 heavy (non-hydrogen) atoms. The van der Waals surface area contributed by atoms with Gasteiger partial charge < -0.3 is 0 Å². The molecule has 0 bridgehead atoms. The second-order valence-electron chi connectivity index (χ2n) is 14.1. The molecule has 2 nitrogen and oxygen atoms in total. The Morgan fingerprint density at radius 2 is 0.714 bits per heavy atom. The minimum absolute atomic E-state index is 0.700. The van der Waals surface area contributed by atoms with E-state index in [4.69, 9.17) is 9.97 Å². The van der Waals surface area contributed by atoms with Crippen molar-refractivity contribution in [3.8, 4) is 67.3 Å². The Bertz CT molecular complexity index is 3100. The topological polar surface area (TPSA) is 25.8 Å².